The predicted molar refractivity (Wildman–Crippen MR) is 97.6 cm³/mol. The molecule has 1 aliphatic rings. The summed E-state index contributed by atoms with van der Waals surface area (Å²) in [5, 5.41) is 7.82. The van der Waals surface area contributed by atoms with E-state index in [-0.39, 0.29) is 6.10 Å². The van der Waals surface area contributed by atoms with Crippen molar-refractivity contribution < 1.29 is 4.74 Å². The van der Waals surface area contributed by atoms with Gasteiger partial charge in [-0.25, -0.2) is 9.97 Å². The van der Waals surface area contributed by atoms with Crippen molar-refractivity contribution in [2.45, 2.75) is 38.8 Å². The van der Waals surface area contributed by atoms with Gasteiger partial charge >= 0.3 is 0 Å². The molecule has 1 N–H and O–H groups in total. The second kappa shape index (κ2) is 7.82. The van der Waals surface area contributed by atoms with E-state index < -0.39 is 0 Å². The number of nitrogens with zero attached hydrogens (tertiary/aromatic N) is 5. The smallest absolute Gasteiger partial charge is 0.257 e. The van der Waals surface area contributed by atoms with Gasteiger partial charge in [0, 0.05) is 32.2 Å². The molecule has 0 unspecified atom stereocenters. The molecule has 0 radical (unpaired) electrons. The number of nitrogens with one attached hydrogen (secondary N) is 1. The van der Waals surface area contributed by atoms with Crippen molar-refractivity contribution in [3.05, 3.63) is 30.4 Å². The molecule has 7 nitrogen and oxygen atoms in total. The van der Waals surface area contributed by atoms with E-state index in [0.29, 0.717) is 23.7 Å². The number of hydrogen-bond acceptors (Lipinski definition) is 6. The fourth-order valence-electron chi connectivity index (χ4n) is 3.60. The monoisotopic (exact) mass is 344 g/mol. The summed E-state index contributed by atoms with van der Waals surface area (Å²) in [6.45, 7) is 5.92. The maximum atomic E-state index is 5.76. The number of anilines is 1. The maximum Gasteiger partial charge on any atom is 0.257 e. The van der Waals surface area contributed by atoms with Crippen molar-refractivity contribution in [3.8, 4) is 5.88 Å². The van der Waals surface area contributed by atoms with Crippen LogP contribution in [0.5, 0.6) is 5.88 Å². The van der Waals surface area contributed by atoms with Gasteiger partial charge in [-0.3, -0.25) is 9.58 Å². The van der Waals surface area contributed by atoms with Gasteiger partial charge in [0.15, 0.2) is 5.82 Å². The van der Waals surface area contributed by atoms with E-state index >= 15 is 0 Å². The molecular weight excluding hydrogens is 316 g/mol. The highest BCUT2D eigenvalue weighted by molar-refractivity contribution is 5.44. The molecule has 2 atom stereocenters. The first-order valence-electron chi connectivity index (χ1n) is 8.96. The van der Waals surface area contributed by atoms with E-state index in [9.17, 15) is 0 Å². The third-order valence-electron chi connectivity index (χ3n) is 4.71. The van der Waals surface area contributed by atoms with Gasteiger partial charge in [-0.1, -0.05) is 0 Å². The zero-order valence-electron chi connectivity index (χ0n) is 15.5. The molecule has 3 rings (SSSR count). The van der Waals surface area contributed by atoms with Gasteiger partial charge in [-0.2, -0.15) is 5.10 Å². The molecule has 2 aromatic heterocycles. The van der Waals surface area contributed by atoms with Crippen molar-refractivity contribution in [2.75, 3.05) is 25.5 Å². The molecule has 0 amide bonds. The highest BCUT2D eigenvalue weighted by Gasteiger charge is 2.32. The number of hydrogen-bond donors (Lipinski definition) is 1. The van der Waals surface area contributed by atoms with Crippen LogP contribution < -0.4 is 10.1 Å². The Morgan fingerprint density at radius 3 is 2.76 bits per heavy atom. The third kappa shape index (κ3) is 4.10. The predicted octanol–water partition coefficient (Wildman–Crippen LogP) is 2.49. The first kappa shape index (κ1) is 17.7. The second-order valence-electron chi connectivity index (χ2n) is 6.97. The SMILES string of the molecule is CC(C)Oc1nccnc1NC[C@@H]1CCCN(C)[C@H]1c1ccnn1C. The van der Waals surface area contributed by atoms with Crippen molar-refractivity contribution in [1.29, 1.82) is 0 Å². The first-order valence-corrected chi connectivity index (χ1v) is 8.96. The molecule has 1 aliphatic heterocycles. The number of piperidine rings is 1. The summed E-state index contributed by atoms with van der Waals surface area (Å²) in [5.74, 6) is 1.76. The second-order valence-corrected chi connectivity index (χ2v) is 6.97. The normalized spacial score (nSPS) is 21.5. The largest absolute Gasteiger partial charge is 0.472 e. The van der Waals surface area contributed by atoms with Gasteiger partial charge in [0.05, 0.1) is 17.8 Å². The molecule has 0 saturated carbocycles. The van der Waals surface area contributed by atoms with Crippen molar-refractivity contribution in [2.24, 2.45) is 13.0 Å². The molecule has 7 heteroatoms. The summed E-state index contributed by atoms with van der Waals surface area (Å²) in [6, 6.07) is 2.47. The van der Waals surface area contributed by atoms with Crippen molar-refractivity contribution in [1.82, 2.24) is 24.6 Å². The lowest BCUT2D eigenvalue weighted by atomic mass is 9.87. The Hall–Kier alpha value is -2.15. The lowest BCUT2D eigenvalue weighted by molar-refractivity contribution is 0.121. The Morgan fingerprint density at radius 1 is 1.24 bits per heavy atom. The van der Waals surface area contributed by atoms with Crippen LogP contribution in [-0.2, 0) is 7.05 Å². The number of rotatable bonds is 6. The van der Waals surface area contributed by atoms with Crippen LogP contribution in [0.3, 0.4) is 0 Å². The third-order valence-corrected chi connectivity index (χ3v) is 4.71. The Kier molecular flexibility index (Phi) is 5.53. The molecule has 2 aromatic rings. The fraction of sp³-hybridized carbons (Fsp3) is 0.611. The zero-order chi connectivity index (χ0) is 17.8. The average molecular weight is 344 g/mol. The van der Waals surface area contributed by atoms with Gasteiger partial charge < -0.3 is 10.1 Å². The number of aryl methyl sites for hydroxylation is 1. The zero-order valence-corrected chi connectivity index (χ0v) is 15.5. The Balaban J connectivity index is 1.74. The lowest BCUT2D eigenvalue weighted by Crippen LogP contribution is -2.40. The van der Waals surface area contributed by atoms with Crippen LogP contribution in [0.2, 0.25) is 0 Å². The van der Waals surface area contributed by atoms with Crippen LogP contribution in [0.1, 0.15) is 38.4 Å². The summed E-state index contributed by atoms with van der Waals surface area (Å²) >= 11 is 0. The van der Waals surface area contributed by atoms with E-state index in [2.05, 4.69) is 38.4 Å². The molecule has 0 bridgehead atoms. The molecule has 136 valence electrons. The van der Waals surface area contributed by atoms with Crippen LogP contribution in [0, 0.1) is 5.92 Å². The molecular formula is C18H28N6O. The van der Waals surface area contributed by atoms with Gasteiger partial charge in [0.2, 0.25) is 0 Å². The van der Waals surface area contributed by atoms with Gasteiger partial charge in [-0.05, 0) is 52.3 Å². The molecule has 1 fully saturated rings. The topological polar surface area (TPSA) is 68.1 Å². The fourth-order valence-corrected chi connectivity index (χ4v) is 3.60. The van der Waals surface area contributed by atoms with E-state index in [1.54, 1.807) is 12.4 Å². The summed E-state index contributed by atoms with van der Waals surface area (Å²) in [6.07, 6.45) is 7.68. The quantitative estimate of drug-likeness (QED) is 0.868. The van der Waals surface area contributed by atoms with Crippen LogP contribution in [0.15, 0.2) is 24.7 Å². The standard InChI is InChI=1S/C18H28N6O/c1-13(2)25-18-17(19-9-10-20-18)21-12-14-6-5-11-23(3)16(14)15-7-8-22-24(15)4/h7-10,13-14,16H,5-6,11-12H2,1-4H3,(H,19,21)/t14-,16+/m0/s1. The average Bonchev–Trinajstić information content (AvgIpc) is 2.99. The number of ether oxygens (including phenoxy) is 1. The summed E-state index contributed by atoms with van der Waals surface area (Å²) < 4.78 is 7.75. The Bertz CT molecular complexity index is 686. The van der Waals surface area contributed by atoms with Crippen LogP contribution in [-0.4, -0.2) is 50.9 Å². The number of likely N-dealkylation sites (tertiary alicyclic amines) is 1. The van der Waals surface area contributed by atoms with Crippen molar-refractivity contribution in [3.63, 3.8) is 0 Å². The van der Waals surface area contributed by atoms with E-state index in [1.165, 1.54) is 18.5 Å². The minimum absolute atomic E-state index is 0.0697. The minimum atomic E-state index is 0.0697. The van der Waals surface area contributed by atoms with E-state index in [4.69, 9.17) is 4.74 Å². The van der Waals surface area contributed by atoms with E-state index in [1.807, 2.05) is 31.8 Å². The highest BCUT2D eigenvalue weighted by atomic mass is 16.5. The highest BCUT2D eigenvalue weighted by Crippen LogP contribution is 2.35. The Labute approximate surface area is 149 Å². The summed E-state index contributed by atoms with van der Waals surface area (Å²) in [7, 11) is 4.21. The first-order chi connectivity index (χ1) is 12.1. The van der Waals surface area contributed by atoms with Gasteiger partial charge in [0.1, 0.15) is 0 Å². The molecule has 3 heterocycles. The minimum Gasteiger partial charge on any atom is -0.472 e. The van der Waals surface area contributed by atoms with E-state index in [0.717, 1.165) is 13.1 Å². The molecule has 1 saturated heterocycles. The van der Waals surface area contributed by atoms with Crippen LogP contribution in [0.25, 0.3) is 0 Å². The number of aromatic nitrogens is 4. The van der Waals surface area contributed by atoms with Crippen LogP contribution in [0.4, 0.5) is 5.82 Å². The molecule has 0 aliphatic carbocycles. The van der Waals surface area contributed by atoms with Crippen molar-refractivity contribution >= 4 is 5.82 Å². The summed E-state index contributed by atoms with van der Waals surface area (Å²) in [5.41, 5.74) is 1.26. The van der Waals surface area contributed by atoms with Gasteiger partial charge in [0.25, 0.3) is 5.88 Å². The summed E-state index contributed by atoms with van der Waals surface area (Å²) in [4.78, 5) is 11.1. The van der Waals surface area contributed by atoms with Gasteiger partial charge in [-0.15, -0.1) is 0 Å². The maximum absolute atomic E-state index is 5.76. The molecule has 25 heavy (non-hydrogen) atoms. The molecule has 0 aromatic carbocycles. The van der Waals surface area contributed by atoms with Crippen LogP contribution >= 0.6 is 0 Å². The molecule has 0 spiro atoms. The lowest BCUT2D eigenvalue weighted by Gasteiger charge is -2.39. The Morgan fingerprint density at radius 2 is 2.04 bits per heavy atom.